The van der Waals surface area contributed by atoms with Crippen molar-refractivity contribution in [2.24, 2.45) is 17.4 Å². The van der Waals surface area contributed by atoms with Gasteiger partial charge in [0.2, 0.25) is 11.8 Å². The summed E-state index contributed by atoms with van der Waals surface area (Å²) < 4.78 is 0. The predicted molar refractivity (Wildman–Crippen MR) is 78.8 cm³/mol. The number of hydrogen-bond donors (Lipinski definition) is 3. The molecular formula is C14H28N4O2. The van der Waals surface area contributed by atoms with Crippen LogP contribution < -0.4 is 16.8 Å². The second kappa shape index (κ2) is 7.59. The van der Waals surface area contributed by atoms with Gasteiger partial charge >= 0.3 is 0 Å². The van der Waals surface area contributed by atoms with Crippen LogP contribution in [0.25, 0.3) is 0 Å². The van der Waals surface area contributed by atoms with Crippen LogP contribution in [0.5, 0.6) is 0 Å². The first-order valence-electron chi connectivity index (χ1n) is 7.43. The van der Waals surface area contributed by atoms with Crippen LogP contribution in [0.2, 0.25) is 0 Å². The number of likely N-dealkylation sites (tertiary alicyclic amines) is 1. The van der Waals surface area contributed by atoms with E-state index in [9.17, 15) is 9.59 Å². The number of carbonyl (C=O) groups excluding carboxylic acids is 2. The van der Waals surface area contributed by atoms with E-state index in [-0.39, 0.29) is 36.4 Å². The third kappa shape index (κ3) is 4.45. The maximum absolute atomic E-state index is 12.2. The molecule has 1 fully saturated rings. The number of carbonyl (C=O) groups is 2. The number of nitrogens with zero attached hydrogens (tertiary/aromatic N) is 1. The first-order valence-corrected chi connectivity index (χ1v) is 7.43. The lowest BCUT2D eigenvalue weighted by molar-refractivity contribution is -0.136. The van der Waals surface area contributed by atoms with Gasteiger partial charge in [0.05, 0.1) is 12.6 Å². The molecule has 5 N–H and O–H groups in total. The third-order valence-electron chi connectivity index (χ3n) is 3.91. The summed E-state index contributed by atoms with van der Waals surface area (Å²) in [5.74, 6) is -0.295. The lowest BCUT2D eigenvalue weighted by Crippen LogP contribution is -2.55. The van der Waals surface area contributed by atoms with E-state index in [1.54, 1.807) is 4.90 Å². The minimum absolute atomic E-state index is 0.00245. The molecule has 6 nitrogen and oxygen atoms in total. The summed E-state index contributed by atoms with van der Waals surface area (Å²) in [5, 5.41) is 2.62. The van der Waals surface area contributed by atoms with Crippen LogP contribution >= 0.6 is 0 Å². The molecule has 1 aliphatic heterocycles. The number of amides is 2. The summed E-state index contributed by atoms with van der Waals surface area (Å²) >= 11 is 0. The quantitative estimate of drug-likeness (QED) is 0.651. The van der Waals surface area contributed by atoms with Crippen LogP contribution in [0.4, 0.5) is 0 Å². The Balaban J connectivity index is 2.51. The van der Waals surface area contributed by atoms with Crippen LogP contribution in [0.3, 0.4) is 0 Å². The zero-order chi connectivity index (χ0) is 15.3. The Morgan fingerprint density at radius 2 is 1.90 bits per heavy atom. The normalized spacial score (nSPS) is 22.5. The minimum Gasteiger partial charge on any atom is -0.346 e. The number of hydrogen-bond acceptors (Lipinski definition) is 4. The highest BCUT2D eigenvalue weighted by Gasteiger charge is 2.29. The van der Waals surface area contributed by atoms with Crippen LogP contribution in [-0.2, 0) is 9.59 Å². The molecule has 0 aromatic heterocycles. The van der Waals surface area contributed by atoms with E-state index in [0.717, 1.165) is 25.8 Å². The van der Waals surface area contributed by atoms with Gasteiger partial charge in [0.25, 0.3) is 0 Å². The standard InChI is InChI=1S/C14H28N4O2/c1-9(2)13(16)14(20)17-8-12(19)18-7-5-4-6-11(18)10(3)15/h9-11,13H,4-8,15-16H2,1-3H3,(H,17,20)/t10?,11?,13-/m0/s1. The maximum Gasteiger partial charge on any atom is 0.242 e. The summed E-state index contributed by atoms with van der Waals surface area (Å²) in [6.45, 7) is 6.40. The van der Waals surface area contributed by atoms with Gasteiger partial charge in [0.1, 0.15) is 0 Å². The van der Waals surface area contributed by atoms with Crippen molar-refractivity contribution in [2.75, 3.05) is 13.1 Å². The average Bonchev–Trinajstić information content (AvgIpc) is 2.43. The van der Waals surface area contributed by atoms with Crippen molar-refractivity contribution >= 4 is 11.8 Å². The van der Waals surface area contributed by atoms with Gasteiger partial charge in [-0.2, -0.15) is 0 Å². The molecule has 0 bridgehead atoms. The molecule has 6 heteroatoms. The van der Waals surface area contributed by atoms with E-state index < -0.39 is 6.04 Å². The molecule has 1 saturated heterocycles. The number of piperidine rings is 1. The highest BCUT2D eigenvalue weighted by Crippen LogP contribution is 2.18. The molecule has 0 spiro atoms. The highest BCUT2D eigenvalue weighted by atomic mass is 16.2. The fourth-order valence-electron chi connectivity index (χ4n) is 2.50. The molecule has 116 valence electrons. The molecule has 1 aliphatic rings. The lowest BCUT2D eigenvalue weighted by atomic mass is 9.97. The zero-order valence-electron chi connectivity index (χ0n) is 12.8. The molecular weight excluding hydrogens is 256 g/mol. The molecule has 2 unspecified atom stereocenters. The second-order valence-corrected chi connectivity index (χ2v) is 6.00. The van der Waals surface area contributed by atoms with Crippen molar-refractivity contribution in [3.05, 3.63) is 0 Å². The van der Waals surface area contributed by atoms with E-state index >= 15 is 0 Å². The fraction of sp³-hybridized carbons (Fsp3) is 0.857. The Labute approximate surface area is 121 Å². The molecule has 1 heterocycles. The van der Waals surface area contributed by atoms with Crippen LogP contribution in [-0.4, -0.2) is 47.9 Å². The van der Waals surface area contributed by atoms with Gasteiger partial charge in [-0.1, -0.05) is 13.8 Å². The van der Waals surface area contributed by atoms with Gasteiger partial charge in [-0.3, -0.25) is 9.59 Å². The van der Waals surface area contributed by atoms with Gasteiger partial charge in [-0.25, -0.2) is 0 Å². The Morgan fingerprint density at radius 1 is 1.25 bits per heavy atom. The molecule has 0 aromatic carbocycles. The SMILES string of the molecule is CC(N)C1CCCCN1C(=O)CNC(=O)[C@@H](N)C(C)C. The van der Waals surface area contributed by atoms with Gasteiger partial charge in [0.15, 0.2) is 0 Å². The molecule has 1 rings (SSSR count). The van der Waals surface area contributed by atoms with E-state index in [2.05, 4.69) is 5.32 Å². The topological polar surface area (TPSA) is 101 Å². The van der Waals surface area contributed by atoms with E-state index in [0.29, 0.717) is 0 Å². The minimum atomic E-state index is -0.576. The predicted octanol–water partition coefficient (Wildman–Crippen LogP) is -0.186. The summed E-state index contributed by atoms with van der Waals surface area (Å²) in [6, 6.07) is -0.548. The largest absolute Gasteiger partial charge is 0.346 e. The summed E-state index contributed by atoms with van der Waals surface area (Å²) in [7, 11) is 0. The van der Waals surface area contributed by atoms with Crippen molar-refractivity contribution in [1.29, 1.82) is 0 Å². The zero-order valence-corrected chi connectivity index (χ0v) is 12.8. The lowest BCUT2D eigenvalue weighted by Gasteiger charge is -2.38. The van der Waals surface area contributed by atoms with Gasteiger partial charge in [0, 0.05) is 18.6 Å². The monoisotopic (exact) mass is 284 g/mol. The first-order chi connectivity index (χ1) is 9.34. The number of rotatable bonds is 5. The Kier molecular flexibility index (Phi) is 6.42. The number of nitrogens with one attached hydrogen (secondary N) is 1. The van der Waals surface area contributed by atoms with Crippen molar-refractivity contribution in [3.63, 3.8) is 0 Å². The van der Waals surface area contributed by atoms with Crippen molar-refractivity contribution < 1.29 is 9.59 Å². The Bertz CT molecular complexity index is 344. The molecule has 20 heavy (non-hydrogen) atoms. The Hall–Kier alpha value is -1.14. The molecule has 0 aromatic rings. The molecule has 3 atom stereocenters. The molecule has 0 radical (unpaired) electrons. The Morgan fingerprint density at radius 3 is 2.45 bits per heavy atom. The first kappa shape index (κ1) is 16.9. The maximum atomic E-state index is 12.2. The van der Waals surface area contributed by atoms with E-state index in [1.165, 1.54) is 0 Å². The molecule has 0 saturated carbocycles. The molecule has 0 aliphatic carbocycles. The summed E-state index contributed by atoms with van der Waals surface area (Å²) in [4.78, 5) is 25.8. The van der Waals surface area contributed by atoms with E-state index in [4.69, 9.17) is 11.5 Å². The van der Waals surface area contributed by atoms with Crippen molar-refractivity contribution in [3.8, 4) is 0 Å². The average molecular weight is 284 g/mol. The van der Waals surface area contributed by atoms with Crippen LogP contribution in [0, 0.1) is 5.92 Å². The van der Waals surface area contributed by atoms with Gasteiger partial charge in [-0.05, 0) is 32.1 Å². The van der Waals surface area contributed by atoms with E-state index in [1.807, 2.05) is 20.8 Å². The molecule has 2 amide bonds. The fourth-order valence-corrected chi connectivity index (χ4v) is 2.50. The highest BCUT2D eigenvalue weighted by molar-refractivity contribution is 5.87. The van der Waals surface area contributed by atoms with Crippen LogP contribution in [0.1, 0.15) is 40.0 Å². The number of nitrogens with two attached hydrogens (primary N) is 2. The van der Waals surface area contributed by atoms with Gasteiger partial charge in [-0.15, -0.1) is 0 Å². The van der Waals surface area contributed by atoms with Gasteiger partial charge < -0.3 is 21.7 Å². The third-order valence-corrected chi connectivity index (χ3v) is 3.91. The summed E-state index contributed by atoms with van der Waals surface area (Å²) in [5.41, 5.74) is 11.7. The smallest absolute Gasteiger partial charge is 0.242 e. The van der Waals surface area contributed by atoms with Crippen molar-refractivity contribution in [1.82, 2.24) is 10.2 Å². The van der Waals surface area contributed by atoms with Crippen LogP contribution in [0.15, 0.2) is 0 Å². The summed E-state index contributed by atoms with van der Waals surface area (Å²) in [6.07, 6.45) is 3.03. The van der Waals surface area contributed by atoms with Crippen molar-refractivity contribution in [2.45, 2.75) is 58.2 Å². The second-order valence-electron chi connectivity index (χ2n) is 6.00.